The normalized spacial score (nSPS) is 16.9. The number of pyridine rings is 1. The van der Waals surface area contributed by atoms with Gasteiger partial charge in [-0.25, -0.2) is 0 Å². The summed E-state index contributed by atoms with van der Waals surface area (Å²) in [4.78, 5) is 15.9. The van der Waals surface area contributed by atoms with Crippen molar-refractivity contribution in [3.63, 3.8) is 0 Å². The van der Waals surface area contributed by atoms with Gasteiger partial charge >= 0.3 is 0 Å². The molecule has 4 nitrogen and oxygen atoms in total. The second-order valence-electron chi connectivity index (χ2n) is 4.56. The summed E-state index contributed by atoms with van der Waals surface area (Å²) in [6, 6.07) is 3.71. The van der Waals surface area contributed by atoms with Crippen LogP contribution in [0.25, 0.3) is 0 Å². The van der Waals surface area contributed by atoms with Crippen LogP contribution in [0.3, 0.4) is 0 Å². The lowest BCUT2D eigenvalue weighted by atomic mass is 10.1. The van der Waals surface area contributed by atoms with E-state index in [4.69, 9.17) is 5.73 Å². The lowest BCUT2D eigenvalue weighted by Crippen LogP contribution is -2.34. The van der Waals surface area contributed by atoms with Gasteiger partial charge in [0.1, 0.15) is 5.69 Å². The second kappa shape index (κ2) is 4.22. The van der Waals surface area contributed by atoms with Crippen LogP contribution in [0.1, 0.15) is 28.9 Å². The fourth-order valence-corrected chi connectivity index (χ4v) is 1.70. The molecule has 1 heterocycles. The Balaban J connectivity index is 1.96. The van der Waals surface area contributed by atoms with Gasteiger partial charge < -0.3 is 11.1 Å². The van der Waals surface area contributed by atoms with Gasteiger partial charge in [-0.05, 0) is 37.9 Å². The van der Waals surface area contributed by atoms with Crippen molar-refractivity contribution in [2.45, 2.75) is 19.8 Å². The van der Waals surface area contributed by atoms with Crippen molar-refractivity contribution in [3.8, 4) is 0 Å². The highest BCUT2D eigenvalue weighted by Crippen LogP contribution is 2.43. The zero-order valence-corrected chi connectivity index (χ0v) is 9.49. The van der Waals surface area contributed by atoms with E-state index in [9.17, 15) is 4.79 Å². The molecule has 86 valence electrons. The molecule has 0 aromatic carbocycles. The summed E-state index contributed by atoms with van der Waals surface area (Å²) in [6.07, 6.45) is 3.87. The minimum absolute atomic E-state index is 0.0992. The number of hydrogen-bond donors (Lipinski definition) is 2. The molecule has 2 rings (SSSR count). The predicted octanol–water partition coefficient (Wildman–Crippen LogP) is 0.859. The van der Waals surface area contributed by atoms with E-state index in [2.05, 4.69) is 10.3 Å². The Bertz CT molecular complexity index is 399. The molecule has 3 N–H and O–H groups in total. The third-order valence-electron chi connectivity index (χ3n) is 3.24. The maximum absolute atomic E-state index is 11.8. The van der Waals surface area contributed by atoms with E-state index in [1.54, 1.807) is 6.20 Å². The van der Waals surface area contributed by atoms with Crippen LogP contribution >= 0.6 is 0 Å². The zero-order chi connectivity index (χ0) is 11.6. The number of carbonyl (C=O) groups excluding carboxylic acids is 1. The van der Waals surface area contributed by atoms with Crippen molar-refractivity contribution >= 4 is 5.91 Å². The van der Waals surface area contributed by atoms with Gasteiger partial charge in [0.15, 0.2) is 0 Å². The number of amides is 1. The fourth-order valence-electron chi connectivity index (χ4n) is 1.70. The first-order chi connectivity index (χ1) is 7.67. The smallest absolute Gasteiger partial charge is 0.270 e. The standard InChI is InChI=1S/C12H17N3O/c1-9-3-2-6-14-10(9)11(16)15-8-12(7-13)4-5-12/h2-3,6H,4-5,7-8,13H2,1H3,(H,15,16). The molecular weight excluding hydrogens is 202 g/mol. The lowest BCUT2D eigenvalue weighted by molar-refractivity contribution is 0.0940. The molecule has 1 aliphatic rings. The summed E-state index contributed by atoms with van der Waals surface area (Å²) in [5.74, 6) is -0.0992. The summed E-state index contributed by atoms with van der Waals surface area (Å²) in [5, 5.41) is 2.91. The molecule has 0 unspecified atom stereocenters. The van der Waals surface area contributed by atoms with E-state index < -0.39 is 0 Å². The van der Waals surface area contributed by atoms with Gasteiger partial charge in [0.2, 0.25) is 0 Å². The Labute approximate surface area is 95.3 Å². The van der Waals surface area contributed by atoms with Gasteiger partial charge in [0.25, 0.3) is 5.91 Å². The lowest BCUT2D eigenvalue weighted by Gasteiger charge is -2.13. The molecule has 0 saturated heterocycles. The largest absolute Gasteiger partial charge is 0.350 e. The average Bonchev–Trinajstić information content (AvgIpc) is 3.07. The summed E-state index contributed by atoms with van der Waals surface area (Å²) in [6.45, 7) is 3.20. The molecule has 4 heteroatoms. The SMILES string of the molecule is Cc1cccnc1C(=O)NCC1(CN)CC1. The molecule has 1 amide bonds. The highest BCUT2D eigenvalue weighted by Gasteiger charge is 2.41. The van der Waals surface area contributed by atoms with Crippen molar-refractivity contribution in [2.75, 3.05) is 13.1 Å². The van der Waals surface area contributed by atoms with Crippen molar-refractivity contribution in [1.29, 1.82) is 0 Å². The van der Waals surface area contributed by atoms with Crippen molar-refractivity contribution in [3.05, 3.63) is 29.6 Å². The van der Waals surface area contributed by atoms with Crippen molar-refractivity contribution in [1.82, 2.24) is 10.3 Å². The highest BCUT2D eigenvalue weighted by molar-refractivity contribution is 5.93. The van der Waals surface area contributed by atoms with Crippen LogP contribution in [0.15, 0.2) is 18.3 Å². The summed E-state index contributed by atoms with van der Waals surface area (Å²) in [7, 11) is 0. The second-order valence-corrected chi connectivity index (χ2v) is 4.56. The van der Waals surface area contributed by atoms with E-state index in [0.29, 0.717) is 18.8 Å². The number of carbonyl (C=O) groups is 1. The maximum Gasteiger partial charge on any atom is 0.270 e. The van der Waals surface area contributed by atoms with Gasteiger partial charge in [-0.1, -0.05) is 6.07 Å². The van der Waals surface area contributed by atoms with E-state index >= 15 is 0 Å². The van der Waals surface area contributed by atoms with E-state index in [0.717, 1.165) is 18.4 Å². The van der Waals surface area contributed by atoms with Crippen LogP contribution in [0, 0.1) is 12.3 Å². The van der Waals surface area contributed by atoms with Gasteiger partial charge in [-0.2, -0.15) is 0 Å². The molecule has 0 spiro atoms. The van der Waals surface area contributed by atoms with Crippen LogP contribution in [-0.4, -0.2) is 24.0 Å². The number of aryl methyl sites for hydroxylation is 1. The Hall–Kier alpha value is -1.42. The number of nitrogens with zero attached hydrogens (tertiary/aromatic N) is 1. The van der Waals surface area contributed by atoms with Gasteiger partial charge in [0.05, 0.1) is 0 Å². The topological polar surface area (TPSA) is 68.0 Å². The molecule has 0 aliphatic heterocycles. The number of rotatable bonds is 4. The van der Waals surface area contributed by atoms with Crippen LogP contribution in [0.5, 0.6) is 0 Å². The Morgan fingerprint density at radius 2 is 2.38 bits per heavy atom. The molecule has 0 bridgehead atoms. The van der Waals surface area contributed by atoms with Gasteiger partial charge in [-0.15, -0.1) is 0 Å². The number of nitrogens with two attached hydrogens (primary N) is 1. The van der Waals surface area contributed by atoms with Gasteiger partial charge in [0, 0.05) is 18.2 Å². The molecule has 1 aromatic rings. The maximum atomic E-state index is 11.8. The van der Waals surface area contributed by atoms with E-state index in [1.165, 1.54) is 0 Å². The van der Waals surface area contributed by atoms with Crippen LogP contribution in [-0.2, 0) is 0 Å². The third-order valence-corrected chi connectivity index (χ3v) is 3.24. The molecule has 1 fully saturated rings. The van der Waals surface area contributed by atoms with E-state index in [1.807, 2.05) is 19.1 Å². The number of aromatic nitrogens is 1. The first kappa shape index (κ1) is 11.1. The van der Waals surface area contributed by atoms with Crippen molar-refractivity contribution in [2.24, 2.45) is 11.1 Å². The van der Waals surface area contributed by atoms with Crippen LogP contribution in [0.2, 0.25) is 0 Å². The summed E-state index contributed by atoms with van der Waals surface area (Å²) >= 11 is 0. The molecule has 1 saturated carbocycles. The Morgan fingerprint density at radius 3 is 2.94 bits per heavy atom. The summed E-state index contributed by atoms with van der Waals surface area (Å²) in [5.41, 5.74) is 7.23. The number of nitrogens with one attached hydrogen (secondary N) is 1. The molecule has 0 atom stereocenters. The average molecular weight is 219 g/mol. The molecule has 1 aliphatic carbocycles. The third kappa shape index (κ3) is 2.22. The minimum atomic E-state index is -0.0992. The van der Waals surface area contributed by atoms with Crippen LogP contribution in [0.4, 0.5) is 0 Å². The fraction of sp³-hybridized carbons (Fsp3) is 0.500. The molecule has 0 radical (unpaired) electrons. The number of hydrogen-bond acceptors (Lipinski definition) is 3. The monoisotopic (exact) mass is 219 g/mol. The van der Waals surface area contributed by atoms with Crippen molar-refractivity contribution < 1.29 is 4.79 Å². The Kier molecular flexibility index (Phi) is 2.92. The molecular formula is C12H17N3O. The quantitative estimate of drug-likeness (QED) is 0.789. The zero-order valence-electron chi connectivity index (χ0n) is 9.49. The summed E-state index contributed by atoms with van der Waals surface area (Å²) < 4.78 is 0. The Morgan fingerprint density at radius 1 is 1.62 bits per heavy atom. The molecule has 16 heavy (non-hydrogen) atoms. The predicted molar refractivity (Wildman–Crippen MR) is 62.0 cm³/mol. The first-order valence-corrected chi connectivity index (χ1v) is 5.57. The first-order valence-electron chi connectivity index (χ1n) is 5.57. The molecule has 1 aromatic heterocycles. The minimum Gasteiger partial charge on any atom is -0.350 e. The van der Waals surface area contributed by atoms with E-state index in [-0.39, 0.29) is 11.3 Å². The van der Waals surface area contributed by atoms with Crippen LogP contribution < -0.4 is 11.1 Å². The van der Waals surface area contributed by atoms with Gasteiger partial charge in [-0.3, -0.25) is 9.78 Å². The highest BCUT2D eigenvalue weighted by atomic mass is 16.1.